The van der Waals surface area contributed by atoms with Crippen LogP contribution in [0.25, 0.3) is 0 Å². The lowest BCUT2D eigenvalue weighted by Crippen LogP contribution is -2.49. The number of hydrogen-bond donors (Lipinski definition) is 3. The summed E-state index contributed by atoms with van der Waals surface area (Å²) in [6, 6.07) is -0.330. The van der Waals surface area contributed by atoms with E-state index >= 15 is 0 Å². The van der Waals surface area contributed by atoms with Crippen molar-refractivity contribution in [3.63, 3.8) is 0 Å². The van der Waals surface area contributed by atoms with Crippen molar-refractivity contribution < 1.29 is 14.7 Å². The predicted octanol–water partition coefficient (Wildman–Crippen LogP) is 0.374. The molecule has 0 spiro atoms. The van der Waals surface area contributed by atoms with Gasteiger partial charge in [0.1, 0.15) is 0 Å². The zero-order valence-corrected chi connectivity index (χ0v) is 10.0. The van der Waals surface area contributed by atoms with Gasteiger partial charge in [0.15, 0.2) is 0 Å². The zero-order valence-electron chi connectivity index (χ0n) is 10.0. The summed E-state index contributed by atoms with van der Waals surface area (Å²) in [6.07, 6.45) is 3.48. The molecule has 1 aliphatic heterocycles. The minimum absolute atomic E-state index is 0.0321. The first-order valence-corrected chi connectivity index (χ1v) is 6.11. The van der Waals surface area contributed by atoms with Crippen LogP contribution in [0.5, 0.6) is 0 Å². The van der Waals surface area contributed by atoms with Crippen LogP contribution < -0.4 is 11.1 Å². The van der Waals surface area contributed by atoms with E-state index in [2.05, 4.69) is 5.32 Å². The van der Waals surface area contributed by atoms with Crippen LogP contribution in [0.1, 0.15) is 32.1 Å². The monoisotopic (exact) mass is 243 g/mol. The van der Waals surface area contributed by atoms with Crippen molar-refractivity contribution >= 4 is 12.0 Å². The quantitative estimate of drug-likeness (QED) is 0.608. The molecule has 4 N–H and O–H groups in total. The van der Waals surface area contributed by atoms with Gasteiger partial charge in [0.05, 0.1) is 6.42 Å². The largest absolute Gasteiger partial charge is 0.481 e. The lowest BCUT2D eigenvalue weighted by atomic mass is 10.00. The molecular weight excluding hydrogens is 222 g/mol. The van der Waals surface area contributed by atoms with Crippen LogP contribution in [-0.4, -0.2) is 47.7 Å². The van der Waals surface area contributed by atoms with Gasteiger partial charge in [-0.3, -0.25) is 4.79 Å². The maximum absolute atomic E-state index is 11.8. The molecule has 6 nitrogen and oxygen atoms in total. The molecule has 1 fully saturated rings. The molecule has 0 aromatic heterocycles. The second-order valence-corrected chi connectivity index (χ2v) is 4.32. The van der Waals surface area contributed by atoms with Gasteiger partial charge in [0.25, 0.3) is 0 Å². The number of carboxylic acids is 1. The van der Waals surface area contributed by atoms with E-state index in [0.29, 0.717) is 19.6 Å². The molecule has 0 radical (unpaired) electrons. The number of nitrogens with one attached hydrogen (secondary N) is 1. The molecule has 1 saturated heterocycles. The molecule has 98 valence electrons. The number of carbonyl (C=O) groups excluding carboxylic acids is 1. The number of carbonyl (C=O) groups is 2. The average molecular weight is 243 g/mol. The minimum atomic E-state index is -0.850. The van der Waals surface area contributed by atoms with Crippen molar-refractivity contribution in [2.45, 2.75) is 38.1 Å². The Kier molecular flexibility index (Phi) is 5.76. The highest BCUT2D eigenvalue weighted by atomic mass is 16.4. The van der Waals surface area contributed by atoms with Crippen molar-refractivity contribution in [2.24, 2.45) is 5.73 Å². The second kappa shape index (κ2) is 7.11. The number of urea groups is 1. The molecule has 1 unspecified atom stereocenters. The molecule has 1 heterocycles. The van der Waals surface area contributed by atoms with E-state index in [1.54, 1.807) is 4.90 Å². The van der Waals surface area contributed by atoms with Crippen LogP contribution in [0.3, 0.4) is 0 Å². The van der Waals surface area contributed by atoms with Crippen molar-refractivity contribution in [1.29, 1.82) is 0 Å². The Balaban J connectivity index is 2.45. The molecule has 2 amide bonds. The first-order valence-electron chi connectivity index (χ1n) is 6.11. The van der Waals surface area contributed by atoms with Gasteiger partial charge in [-0.15, -0.1) is 0 Å². The highest BCUT2D eigenvalue weighted by molar-refractivity contribution is 5.76. The molecule has 6 heteroatoms. The normalized spacial score (nSPS) is 20.1. The smallest absolute Gasteiger partial charge is 0.317 e. The molecule has 0 aliphatic carbocycles. The number of amides is 2. The van der Waals surface area contributed by atoms with E-state index in [1.165, 1.54) is 0 Å². The fourth-order valence-corrected chi connectivity index (χ4v) is 2.08. The molecule has 1 aliphatic rings. The van der Waals surface area contributed by atoms with Crippen molar-refractivity contribution in [2.75, 3.05) is 19.6 Å². The highest BCUT2D eigenvalue weighted by Gasteiger charge is 2.27. The van der Waals surface area contributed by atoms with Crippen LogP contribution >= 0.6 is 0 Å². The van der Waals surface area contributed by atoms with Gasteiger partial charge < -0.3 is 21.1 Å². The van der Waals surface area contributed by atoms with Gasteiger partial charge in [0, 0.05) is 19.1 Å². The van der Waals surface area contributed by atoms with E-state index < -0.39 is 5.97 Å². The van der Waals surface area contributed by atoms with E-state index in [9.17, 15) is 9.59 Å². The number of nitrogens with two attached hydrogens (primary N) is 1. The Labute approximate surface area is 101 Å². The average Bonchev–Trinajstić information content (AvgIpc) is 2.29. The summed E-state index contributed by atoms with van der Waals surface area (Å²) in [5, 5.41) is 11.6. The Morgan fingerprint density at radius 1 is 1.41 bits per heavy atom. The van der Waals surface area contributed by atoms with Crippen LogP contribution in [0.2, 0.25) is 0 Å². The summed E-state index contributed by atoms with van der Waals surface area (Å²) in [7, 11) is 0. The molecule has 0 saturated carbocycles. The van der Waals surface area contributed by atoms with Gasteiger partial charge >= 0.3 is 12.0 Å². The first-order chi connectivity index (χ1) is 8.15. The lowest BCUT2D eigenvalue weighted by Gasteiger charge is -2.34. The Morgan fingerprint density at radius 3 is 2.82 bits per heavy atom. The fourth-order valence-electron chi connectivity index (χ4n) is 2.08. The third kappa shape index (κ3) is 4.60. The summed E-state index contributed by atoms with van der Waals surface area (Å²) in [5.74, 6) is -0.850. The number of carboxylic acid groups (broad SMARTS) is 1. The molecule has 17 heavy (non-hydrogen) atoms. The van der Waals surface area contributed by atoms with Crippen molar-refractivity contribution in [3.8, 4) is 0 Å². The van der Waals surface area contributed by atoms with Gasteiger partial charge in [-0.2, -0.15) is 0 Å². The third-order valence-electron chi connectivity index (χ3n) is 2.96. The number of nitrogens with zero attached hydrogens (tertiary/aromatic N) is 1. The third-order valence-corrected chi connectivity index (χ3v) is 2.96. The highest BCUT2D eigenvalue weighted by Crippen LogP contribution is 2.19. The van der Waals surface area contributed by atoms with Crippen molar-refractivity contribution in [3.05, 3.63) is 0 Å². The topological polar surface area (TPSA) is 95.7 Å². The van der Waals surface area contributed by atoms with Gasteiger partial charge in [-0.25, -0.2) is 4.79 Å². The van der Waals surface area contributed by atoms with Crippen molar-refractivity contribution in [1.82, 2.24) is 10.2 Å². The minimum Gasteiger partial charge on any atom is -0.481 e. The van der Waals surface area contributed by atoms with E-state index in [4.69, 9.17) is 10.8 Å². The summed E-state index contributed by atoms with van der Waals surface area (Å²) in [4.78, 5) is 24.2. The van der Waals surface area contributed by atoms with E-state index in [0.717, 1.165) is 25.7 Å². The van der Waals surface area contributed by atoms with E-state index in [-0.39, 0.29) is 18.5 Å². The fraction of sp³-hybridized carbons (Fsp3) is 0.818. The molecule has 1 atom stereocenters. The van der Waals surface area contributed by atoms with Crippen LogP contribution in [0.4, 0.5) is 4.79 Å². The van der Waals surface area contributed by atoms with Crippen LogP contribution in [-0.2, 0) is 4.79 Å². The molecule has 1 rings (SSSR count). The number of likely N-dealkylation sites (tertiary alicyclic amines) is 1. The Morgan fingerprint density at radius 2 is 2.18 bits per heavy atom. The first kappa shape index (κ1) is 13.8. The maximum Gasteiger partial charge on any atom is 0.317 e. The summed E-state index contributed by atoms with van der Waals surface area (Å²) in [5.41, 5.74) is 5.34. The molecule has 0 aromatic carbocycles. The summed E-state index contributed by atoms with van der Waals surface area (Å²) >= 11 is 0. The summed E-state index contributed by atoms with van der Waals surface area (Å²) in [6.45, 7) is 1.73. The van der Waals surface area contributed by atoms with Gasteiger partial charge in [-0.1, -0.05) is 0 Å². The SMILES string of the molecule is NCCCNC(=O)N1CCCCC1CC(=O)O. The zero-order chi connectivity index (χ0) is 12.7. The number of aliphatic carboxylic acids is 1. The summed E-state index contributed by atoms with van der Waals surface area (Å²) < 4.78 is 0. The molecular formula is C11H21N3O3. The van der Waals surface area contributed by atoms with Gasteiger partial charge in [0.2, 0.25) is 0 Å². The predicted molar refractivity (Wildman–Crippen MR) is 63.7 cm³/mol. The lowest BCUT2D eigenvalue weighted by molar-refractivity contribution is -0.138. The van der Waals surface area contributed by atoms with Crippen LogP contribution in [0, 0.1) is 0 Å². The number of rotatable bonds is 5. The second-order valence-electron chi connectivity index (χ2n) is 4.32. The molecule has 0 aromatic rings. The molecule has 0 bridgehead atoms. The number of piperidine rings is 1. The van der Waals surface area contributed by atoms with Crippen LogP contribution in [0.15, 0.2) is 0 Å². The standard InChI is InChI=1S/C11H21N3O3/c12-5-3-6-13-11(17)14-7-2-1-4-9(14)8-10(15)16/h9H,1-8,12H2,(H,13,17)(H,15,16). The van der Waals surface area contributed by atoms with Gasteiger partial charge in [-0.05, 0) is 32.2 Å². The number of hydrogen-bond acceptors (Lipinski definition) is 3. The Hall–Kier alpha value is -1.30. The maximum atomic E-state index is 11.8. The van der Waals surface area contributed by atoms with E-state index in [1.807, 2.05) is 0 Å². The Bertz CT molecular complexity index is 271.